The summed E-state index contributed by atoms with van der Waals surface area (Å²) in [6, 6.07) is 1.91. The van der Waals surface area contributed by atoms with E-state index in [-0.39, 0.29) is 11.8 Å². The minimum Gasteiger partial charge on any atom is -0.337 e. The molecule has 0 aliphatic carbocycles. The van der Waals surface area contributed by atoms with E-state index in [9.17, 15) is 4.79 Å². The van der Waals surface area contributed by atoms with E-state index in [1.165, 1.54) is 0 Å². The van der Waals surface area contributed by atoms with Crippen LogP contribution in [-0.4, -0.2) is 54.3 Å². The smallest absolute Gasteiger partial charge is 0.272 e. The molecule has 118 valence electrons. The third kappa shape index (κ3) is 2.86. The molecular formula is C14H21N7O. The standard InChI is InChI=1S/C14H21N7O/c1-3-4-11-9-12(20(2)17-11)14(22)21-7-5-10(6-8-21)13-15-18-19-16-13/h9-10H,3-8H2,1-2H3,(H,15,16,18,19). The van der Waals surface area contributed by atoms with E-state index in [1.807, 2.05) is 18.0 Å². The van der Waals surface area contributed by atoms with Crippen molar-refractivity contribution in [3.8, 4) is 0 Å². The van der Waals surface area contributed by atoms with Crippen molar-refractivity contribution in [1.29, 1.82) is 0 Å². The third-order valence-corrected chi connectivity index (χ3v) is 4.16. The maximum absolute atomic E-state index is 12.6. The molecule has 0 saturated carbocycles. The van der Waals surface area contributed by atoms with Gasteiger partial charge in [0.2, 0.25) is 0 Å². The lowest BCUT2D eigenvalue weighted by atomic mass is 9.96. The molecule has 3 rings (SSSR count). The van der Waals surface area contributed by atoms with E-state index in [0.29, 0.717) is 18.8 Å². The molecule has 1 fully saturated rings. The number of aromatic amines is 1. The molecule has 2 aromatic heterocycles. The molecule has 3 heterocycles. The Balaban J connectivity index is 1.64. The van der Waals surface area contributed by atoms with Crippen molar-refractivity contribution in [2.45, 2.75) is 38.5 Å². The minimum atomic E-state index is 0.0592. The summed E-state index contributed by atoms with van der Waals surface area (Å²) in [5.41, 5.74) is 1.65. The normalized spacial score (nSPS) is 16.2. The molecule has 0 radical (unpaired) electrons. The Kier molecular flexibility index (Phi) is 4.17. The number of carbonyl (C=O) groups excluding carboxylic acids is 1. The summed E-state index contributed by atoms with van der Waals surface area (Å²) in [4.78, 5) is 14.5. The molecule has 1 amide bonds. The van der Waals surface area contributed by atoms with Crippen LogP contribution in [0, 0.1) is 0 Å². The van der Waals surface area contributed by atoms with Crippen molar-refractivity contribution in [2.75, 3.05) is 13.1 Å². The number of hydrogen-bond donors (Lipinski definition) is 1. The average Bonchev–Trinajstić information content (AvgIpc) is 3.17. The zero-order chi connectivity index (χ0) is 15.5. The van der Waals surface area contributed by atoms with Gasteiger partial charge in [0, 0.05) is 26.1 Å². The van der Waals surface area contributed by atoms with E-state index in [4.69, 9.17) is 0 Å². The van der Waals surface area contributed by atoms with Crippen LogP contribution in [0.15, 0.2) is 6.07 Å². The van der Waals surface area contributed by atoms with Gasteiger partial charge < -0.3 is 4.90 Å². The second kappa shape index (κ2) is 6.25. The Morgan fingerprint density at radius 1 is 1.41 bits per heavy atom. The predicted molar refractivity (Wildman–Crippen MR) is 79.3 cm³/mol. The van der Waals surface area contributed by atoms with Gasteiger partial charge in [-0.1, -0.05) is 18.6 Å². The van der Waals surface area contributed by atoms with Crippen LogP contribution in [0.25, 0.3) is 0 Å². The lowest BCUT2D eigenvalue weighted by molar-refractivity contribution is 0.0700. The van der Waals surface area contributed by atoms with Gasteiger partial charge >= 0.3 is 0 Å². The fourth-order valence-electron chi connectivity index (χ4n) is 2.95. The number of aromatic nitrogens is 6. The summed E-state index contributed by atoms with van der Waals surface area (Å²) in [7, 11) is 1.83. The van der Waals surface area contributed by atoms with Crippen molar-refractivity contribution in [2.24, 2.45) is 7.05 Å². The highest BCUT2D eigenvalue weighted by atomic mass is 16.2. The second-order valence-electron chi connectivity index (χ2n) is 5.73. The van der Waals surface area contributed by atoms with Crippen molar-refractivity contribution >= 4 is 5.91 Å². The summed E-state index contributed by atoms with van der Waals surface area (Å²) in [6.07, 6.45) is 3.66. The van der Waals surface area contributed by atoms with Gasteiger partial charge in [-0.2, -0.15) is 10.3 Å². The van der Waals surface area contributed by atoms with Gasteiger partial charge in [0.15, 0.2) is 5.82 Å². The van der Waals surface area contributed by atoms with Crippen molar-refractivity contribution in [3.63, 3.8) is 0 Å². The first-order chi connectivity index (χ1) is 10.7. The van der Waals surface area contributed by atoms with Crippen LogP contribution >= 0.6 is 0 Å². The molecule has 1 aliphatic heterocycles. The van der Waals surface area contributed by atoms with Crippen LogP contribution in [-0.2, 0) is 13.5 Å². The molecule has 0 aromatic carbocycles. The molecule has 8 heteroatoms. The summed E-state index contributed by atoms with van der Waals surface area (Å²) >= 11 is 0. The molecule has 0 atom stereocenters. The predicted octanol–water partition coefficient (Wildman–Crippen LogP) is 0.905. The van der Waals surface area contributed by atoms with Gasteiger partial charge in [-0.05, 0) is 25.3 Å². The van der Waals surface area contributed by atoms with Crippen molar-refractivity contribution in [1.82, 2.24) is 35.3 Å². The Morgan fingerprint density at radius 3 is 2.82 bits per heavy atom. The van der Waals surface area contributed by atoms with Gasteiger partial charge in [-0.15, -0.1) is 10.2 Å². The van der Waals surface area contributed by atoms with Crippen LogP contribution in [0.4, 0.5) is 0 Å². The van der Waals surface area contributed by atoms with E-state index in [1.54, 1.807) is 4.68 Å². The molecule has 1 aliphatic rings. The number of hydrogen-bond acceptors (Lipinski definition) is 5. The Morgan fingerprint density at radius 2 is 2.18 bits per heavy atom. The largest absolute Gasteiger partial charge is 0.337 e. The number of tetrazole rings is 1. The van der Waals surface area contributed by atoms with E-state index in [2.05, 4.69) is 32.6 Å². The highest BCUT2D eigenvalue weighted by molar-refractivity contribution is 5.92. The number of carbonyl (C=O) groups is 1. The average molecular weight is 303 g/mol. The quantitative estimate of drug-likeness (QED) is 0.906. The van der Waals surface area contributed by atoms with Crippen molar-refractivity contribution in [3.05, 3.63) is 23.3 Å². The zero-order valence-corrected chi connectivity index (χ0v) is 13.0. The minimum absolute atomic E-state index is 0.0592. The lowest BCUT2D eigenvalue weighted by Crippen LogP contribution is -2.38. The van der Waals surface area contributed by atoms with E-state index in [0.717, 1.165) is 37.2 Å². The Labute approximate surface area is 128 Å². The zero-order valence-electron chi connectivity index (χ0n) is 13.0. The Bertz CT molecular complexity index is 626. The Hall–Kier alpha value is -2.25. The molecule has 1 N–H and O–H groups in total. The number of rotatable bonds is 4. The molecule has 8 nitrogen and oxygen atoms in total. The highest BCUT2D eigenvalue weighted by Crippen LogP contribution is 2.25. The molecule has 2 aromatic rings. The molecule has 1 saturated heterocycles. The van der Waals surface area contributed by atoms with Gasteiger partial charge in [0.25, 0.3) is 5.91 Å². The van der Waals surface area contributed by atoms with Crippen LogP contribution in [0.2, 0.25) is 0 Å². The summed E-state index contributed by atoms with van der Waals surface area (Å²) in [6.45, 7) is 3.54. The topological polar surface area (TPSA) is 92.6 Å². The van der Waals surface area contributed by atoms with Gasteiger partial charge in [0.05, 0.1) is 5.69 Å². The number of nitrogens with one attached hydrogen (secondary N) is 1. The van der Waals surface area contributed by atoms with E-state index < -0.39 is 0 Å². The molecule has 0 unspecified atom stereocenters. The number of amides is 1. The first-order valence-corrected chi connectivity index (χ1v) is 7.74. The number of aryl methyl sites for hydroxylation is 2. The van der Waals surface area contributed by atoms with E-state index >= 15 is 0 Å². The number of piperidine rings is 1. The highest BCUT2D eigenvalue weighted by Gasteiger charge is 2.28. The summed E-state index contributed by atoms with van der Waals surface area (Å²) < 4.78 is 1.69. The third-order valence-electron chi connectivity index (χ3n) is 4.16. The van der Waals surface area contributed by atoms with Gasteiger partial charge in [0.1, 0.15) is 5.69 Å². The molecular weight excluding hydrogens is 282 g/mol. The van der Waals surface area contributed by atoms with Crippen LogP contribution in [0.3, 0.4) is 0 Å². The fraction of sp³-hybridized carbons (Fsp3) is 0.643. The monoisotopic (exact) mass is 303 g/mol. The first kappa shape index (κ1) is 14.7. The second-order valence-corrected chi connectivity index (χ2v) is 5.73. The van der Waals surface area contributed by atoms with Crippen molar-refractivity contribution < 1.29 is 4.79 Å². The first-order valence-electron chi connectivity index (χ1n) is 7.74. The number of likely N-dealkylation sites (tertiary alicyclic amines) is 1. The van der Waals surface area contributed by atoms with Gasteiger partial charge in [-0.3, -0.25) is 9.48 Å². The summed E-state index contributed by atoms with van der Waals surface area (Å²) in [5.74, 6) is 1.09. The van der Waals surface area contributed by atoms with Crippen LogP contribution in [0.1, 0.15) is 54.1 Å². The maximum atomic E-state index is 12.6. The molecule has 0 bridgehead atoms. The summed E-state index contributed by atoms with van der Waals surface area (Å²) in [5, 5.41) is 18.6. The van der Waals surface area contributed by atoms with Crippen LogP contribution < -0.4 is 0 Å². The molecule has 22 heavy (non-hydrogen) atoms. The lowest BCUT2D eigenvalue weighted by Gasteiger charge is -2.30. The fourth-order valence-corrected chi connectivity index (χ4v) is 2.95. The SMILES string of the molecule is CCCc1cc(C(=O)N2CCC(c3nn[nH]n3)CC2)n(C)n1. The maximum Gasteiger partial charge on any atom is 0.272 e. The number of H-pyrrole nitrogens is 1. The van der Waals surface area contributed by atoms with Crippen LogP contribution in [0.5, 0.6) is 0 Å². The number of nitrogens with zero attached hydrogens (tertiary/aromatic N) is 6. The molecule has 0 spiro atoms. The van der Waals surface area contributed by atoms with Gasteiger partial charge in [-0.25, -0.2) is 0 Å².